The SMILES string of the molecule is CCN1/C(=c2/s/c(=C3/C(=O)N(c4ccc(Cl)cc4)N=C3C)n(-c3ccc(C)cc3)c2=O)C=Cc2ccccc21. The van der Waals surface area contributed by atoms with Gasteiger partial charge in [-0.25, -0.2) is 0 Å². The third-order valence-electron chi connectivity index (χ3n) is 6.88. The maximum atomic E-state index is 14.2. The Bertz CT molecular complexity index is 1870. The Morgan fingerprint density at radius 1 is 0.872 bits per heavy atom. The molecule has 2 aliphatic heterocycles. The second kappa shape index (κ2) is 9.84. The fourth-order valence-electron chi connectivity index (χ4n) is 4.94. The summed E-state index contributed by atoms with van der Waals surface area (Å²) in [6.07, 6.45) is 4.03. The molecule has 0 bridgehead atoms. The van der Waals surface area contributed by atoms with Gasteiger partial charge in [0.15, 0.2) is 0 Å². The van der Waals surface area contributed by atoms with Crippen LogP contribution in [0.25, 0.3) is 23.0 Å². The summed E-state index contributed by atoms with van der Waals surface area (Å²) in [5.74, 6) is -0.287. The first-order chi connectivity index (χ1) is 18.9. The van der Waals surface area contributed by atoms with Crippen LogP contribution in [0.15, 0.2) is 88.8 Å². The number of benzene rings is 3. The Labute approximate surface area is 234 Å². The average Bonchev–Trinajstić information content (AvgIpc) is 3.43. The van der Waals surface area contributed by atoms with E-state index in [4.69, 9.17) is 11.6 Å². The normalized spacial score (nSPS) is 17.5. The number of amides is 1. The largest absolute Gasteiger partial charge is 0.340 e. The molecule has 6 nitrogen and oxygen atoms in total. The van der Waals surface area contributed by atoms with Crippen LogP contribution in [0.4, 0.5) is 11.4 Å². The summed E-state index contributed by atoms with van der Waals surface area (Å²) in [7, 11) is 0. The summed E-state index contributed by atoms with van der Waals surface area (Å²) in [5.41, 5.74) is 6.13. The van der Waals surface area contributed by atoms with Crippen LogP contribution < -0.4 is 24.7 Å². The van der Waals surface area contributed by atoms with Crippen molar-refractivity contribution in [3.05, 3.63) is 115 Å². The maximum absolute atomic E-state index is 14.2. The summed E-state index contributed by atoms with van der Waals surface area (Å²) in [5, 5.41) is 6.51. The summed E-state index contributed by atoms with van der Waals surface area (Å²) in [4.78, 5) is 30.2. The van der Waals surface area contributed by atoms with Gasteiger partial charge in [0, 0.05) is 17.3 Å². The lowest BCUT2D eigenvalue weighted by molar-refractivity contribution is -0.112. The first kappa shape index (κ1) is 25.1. The van der Waals surface area contributed by atoms with Crippen molar-refractivity contribution < 1.29 is 4.79 Å². The highest BCUT2D eigenvalue weighted by atomic mass is 35.5. The number of likely N-dealkylation sites (N-methyl/N-ethyl adjacent to an activating group) is 1. The predicted octanol–water partition coefficient (Wildman–Crippen LogP) is 5.10. The molecule has 1 amide bonds. The third kappa shape index (κ3) is 4.24. The van der Waals surface area contributed by atoms with E-state index in [1.807, 2.05) is 55.5 Å². The molecular formula is C31H25ClN4O2S. The van der Waals surface area contributed by atoms with Crippen molar-refractivity contribution in [3.63, 3.8) is 0 Å². The lowest BCUT2D eigenvalue weighted by Gasteiger charge is -2.28. The number of thiazole rings is 1. The van der Waals surface area contributed by atoms with E-state index in [1.165, 1.54) is 16.3 Å². The van der Waals surface area contributed by atoms with Crippen molar-refractivity contribution >= 4 is 63.3 Å². The van der Waals surface area contributed by atoms with Gasteiger partial charge in [-0.3, -0.25) is 14.2 Å². The zero-order chi connectivity index (χ0) is 27.3. The quantitative estimate of drug-likeness (QED) is 0.355. The molecule has 0 fully saturated rings. The zero-order valence-corrected chi connectivity index (χ0v) is 23.3. The van der Waals surface area contributed by atoms with Gasteiger partial charge in [-0.15, -0.1) is 11.3 Å². The first-order valence-corrected chi connectivity index (χ1v) is 13.8. The summed E-state index contributed by atoms with van der Waals surface area (Å²) < 4.78 is 2.76. The predicted molar refractivity (Wildman–Crippen MR) is 161 cm³/mol. The van der Waals surface area contributed by atoms with Crippen LogP contribution in [-0.2, 0) is 4.79 Å². The van der Waals surface area contributed by atoms with Gasteiger partial charge in [0.2, 0.25) is 0 Å². The van der Waals surface area contributed by atoms with Gasteiger partial charge in [0.1, 0.15) is 9.20 Å². The average molecular weight is 553 g/mol. The highest BCUT2D eigenvalue weighted by Crippen LogP contribution is 2.31. The molecule has 39 heavy (non-hydrogen) atoms. The number of nitrogens with zero attached hydrogens (tertiary/aromatic N) is 4. The van der Waals surface area contributed by atoms with Crippen LogP contribution in [0.1, 0.15) is 25.0 Å². The van der Waals surface area contributed by atoms with Gasteiger partial charge < -0.3 is 4.90 Å². The Balaban J connectivity index is 1.65. The van der Waals surface area contributed by atoms with E-state index in [-0.39, 0.29) is 11.5 Å². The first-order valence-electron chi connectivity index (χ1n) is 12.6. The van der Waals surface area contributed by atoms with E-state index in [0.717, 1.165) is 22.5 Å². The van der Waals surface area contributed by atoms with E-state index in [0.29, 0.717) is 43.4 Å². The minimum atomic E-state index is -0.287. The van der Waals surface area contributed by atoms with Crippen molar-refractivity contribution in [3.8, 4) is 5.69 Å². The third-order valence-corrected chi connectivity index (χ3v) is 8.30. The number of anilines is 2. The minimum Gasteiger partial charge on any atom is -0.340 e. The van der Waals surface area contributed by atoms with Gasteiger partial charge >= 0.3 is 0 Å². The summed E-state index contributed by atoms with van der Waals surface area (Å²) in [6.45, 7) is 6.56. The molecule has 0 atom stereocenters. The van der Waals surface area contributed by atoms with Crippen molar-refractivity contribution in [2.24, 2.45) is 5.10 Å². The van der Waals surface area contributed by atoms with Crippen LogP contribution in [0.5, 0.6) is 0 Å². The van der Waals surface area contributed by atoms with Crippen molar-refractivity contribution in [2.45, 2.75) is 20.8 Å². The molecule has 6 rings (SSSR count). The number of rotatable bonds is 3. The number of aryl methyl sites for hydroxylation is 1. The fourth-order valence-corrected chi connectivity index (χ4v) is 6.34. The Morgan fingerprint density at radius 3 is 2.28 bits per heavy atom. The van der Waals surface area contributed by atoms with E-state index < -0.39 is 0 Å². The number of halogens is 1. The standard InChI is InChI=1S/C31H25ClN4O2S/c1-4-34-25-8-6-5-7-21(25)11-18-26(34)28-30(38)35(23-14-9-19(2)10-15-23)31(39-28)27-20(3)33-36(29(27)37)24-16-12-22(32)13-17-24/h5-18H,4H2,1-3H3/b28-26+,31-27+. The molecule has 4 aromatic rings. The molecule has 8 heteroatoms. The molecular weight excluding hydrogens is 528 g/mol. The van der Waals surface area contributed by atoms with Gasteiger partial charge in [-0.1, -0.05) is 53.6 Å². The van der Waals surface area contributed by atoms with Crippen LogP contribution in [0, 0.1) is 6.92 Å². The number of carbonyl (C=O) groups excluding carboxylic acids is 1. The Morgan fingerprint density at radius 2 is 1.56 bits per heavy atom. The molecule has 0 unspecified atom stereocenters. The molecule has 194 valence electrons. The zero-order valence-electron chi connectivity index (χ0n) is 21.7. The molecule has 3 heterocycles. The van der Waals surface area contributed by atoms with E-state index >= 15 is 0 Å². The van der Waals surface area contributed by atoms with Gasteiger partial charge in [0.25, 0.3) is 11.5 Å². The number of fused-ring (bicyclic) bond motifs is 1. The topological polar surface area (TPSA) is 57.9 Å². The number of para-hydroxylation sites is 1. The molecule has 0 saturated heterocycles. The van der Waals surface area contributed by atoms with E-state index in [9.17, 15) is 9.59 Å². The van der Waals surface area contributed by atoms with Crippen LogP contribution in [-0.4, -0.2) is 22.7 Å². The van der Waals surface area contributed by atoms with E-state index in [1.54, 1.807) is 35.8 Å². The number of hydrazone groups is 1. The van der Waals surface area contributed by atoms with Crippen molar-refractivity contribution in [2.75, 3.05) is 16.5 Å². The molecule has 0 saturated carbocycles. The number of hydrogen-bond acceptors (Lipinski definition) is 5. The molecule has 1 aromatic heterocycles. The lowest BCUT2D eigenvalue weighted by Crippen LogP contribution is -2.36. The molecule has 0 radical (unpaired) electrons. The molecule has 3 aromatic carbocycles. The van der Waals surface area contributed by atoms with Crippen molar-refractivity contribution in [1.29, 1.82) is 0 Å². The highest BCUT2D eigenvalue weighted by molar-refractivity contribution is 7.08. The second-order valence-corrected chi connectivity index (χ2v) is 10.8. The highest BCUT2D eigenvalue weighted by Gasteiger charge is 2.32. The second-order valence-electron chi connectivity index (χ2n) is 9.39. The van der Waals surface area contributed by atoms with Crippen LogP contribution in [0.3, 0.4) is 0 Å². The fraction of sp³-hybridized carbons (Fsp3) is 0.129. The van der Waals surface area contributed by atoms with Crippen LogP contribution in [0.2, 0.25) is 5.02 Å². The Kier molecular flexibility index (Phi) is 6.33. The van der Waals surface area contributed by atoms with Crippen molar-refractivity contribution in [1.82, 2.24) is 4.57 Å². The monoisotopic (exact) mass is 552 g/mol. The molecule has 0 spiro atoms. The number of aromatic nitrogens is 1. The van der Waals surface area contributed by atoms with Crippen LogP contribution >= 0.6 is 22.9 Å². The molecule has 2 aliphatic rings. The Hall–Kier alpha value is -4.20. The van der Waals surface area contributed by atoms with E-state index in [2.05, 4.69) is 29.1 Å². The number of hydrogen-bond donors (Lipinski definition) is 0. The number of carbonyl (C=O) groups is 1. The lowest BCUT2D eigenvalue weighted by atomic mass is 10.1. The van der Waals surface area contributed by atoms with Gasteiger partial charge in [-0.2, -0.15) is 10.1 Å². The maximum Gasteiger partial charge on any atom is 0.283 e. The molecule has 0 aliphatic carbocycles. The van der Waals surface area contributed by atoms with Gasteiger partial charge in [-0.05, 0) is 74.9 Å². The van der Waals surface area contributed by atoms with Gasteiger partial charge in [0.05, 0.1) is 28.4 Å². The molecule has 0 N–H and O–H groups in total. The smallest absolute Gasteiger partial charge is 0.283 e. The summed E-state index contributed by atoms with van der Waals surface area (Å²) >= 11 is 7.39. The minimum absolute atomic E-state index is 0.172. The summed E-state index contributed by atoms with van der Waals surface area (Å²) in [6, 6.07) is 22.8.